The van der Waals surface area contributed by atoms with Crippen molar-refractivity contribution in [1.29, 1.82) is 0 Å². The first-order valence-electron chi connectivity index (χ1n) is 7.98. The summed E-state index contributed by atoms with van der Waals surface area (Å²) in [5.74, 6) is 0.480. The third-order valence-electron chi connectivity index (χ3n) is 3.88. The number of para-hydroxylation sites is 1. The molecule has 0 saturated carbocycles. The van der Waals surface area contributed by atoms with Crippen molar-refractivity contribution in [3.63, 3.8) is 0 Å². The van der Waals surface area contributed by atoms with E-state index in [1.165, 1.54) is 26.2 Å². The lowest BCUT2D eigenvalue weighted by molar-refractivity contribution is -0.129. The average molecular weight is 441 g/mol. The highest BCUT2D eigenvalue weighted by atomic mass is 79.9. The molecule has 26 heavy (non-hydrogen) atoms. The molecule has 0 radical (unpaired) electrons. The molecule has 0 spiro atoms. The number of carbonyl (C=O) groups excluding carboxylic acids is 1. The van der Waals surface area contributed by atoms with Gasteiger partial charge in [-0.2, -0.15) is 0 Å². The van der Waals surface area contributed by atoms with E-state index in [-0.39, 0.29) is 10.8 Å². The fraction of sp³-hybridized carbons (Fsp3) is 0.278. The van der Waals surface area contributed by atoms with Gasteiger partial charge in [0.15, 0.2) is 0 Å². The zero-order valence-electron chi connectivity index (χ0n) is 14.8. The first-order valence-corrected chi connectivity index (χ1v) is 10.3. The molecule has 0 atom stereocenters. The first kappa shape index (κ1) is 20.3. The van der Waals surface area contributed by atoms with Crippen molar-refractivity contribution in [2.45, 2.75) is 25.3 Å². The van der Waals surface area contributed by atoms with E-state index in [1.54, 1.807) is 29.2 Å². The monoisotopic (exact) mass is 440 g/mol. The minimum atomic E-state index is -3.79. The molecule has 0 unspecified atom stereocenters. The van der Waals surface area contributed by atoms with Crippen molar-refractivity contribution in [2.24, 2.45) is 0 Å². The predicted molar refractivity (Wildman–Crippen MR) is 105 cm³/mol. The van der Waals surface area contributed by atoms with Gasteiger partial charge in [-0.1, -0.05) is 18.2 Å². The standard InChI is InChI=1S/C18H21BrN2O4S/c1-4-21(13(2)22)12-14-7-5-6-8-17(14)20-26(23,24)15-9-10-18(25-3)16(19)11-15/h5-11,20H,4,12H2,1-3H3. The lowest BCUT2D eigenvalue weighted by Gasteiger charge is -2.21. The highest BCUT2D eigenvalue weighted by Crippen LogP contribution is 2.29. The van der Waals surface area contributed by atoms with Crippen molar-refractivity contribution < 1.29 is 17.9 Å². The average Bonchev–Trinajstić information content (AvgIpc) is 2.60. The van der Waals surface area contributed by atoms with E-state index in [4.69, 9.17) is 4.74 Å². The number of halogens is 1. The van der Waals surface area contributed by atoms with Crippen LogP contribution in [0.5, 0.6) is 5.75 Å². The molecular formula is C18H21BrN2O4S. The lowest BCUT2D eigenvalue weighted by Crippen LogP contribution is -2.28. The SMILES string of the molecule is CCN(Cc1ccccc1NS(=O)(=O)c1ccc(OC)c(Br)c1)C(C)=O. The molecule has 2 aromatic carbocycles. The van der Waals surface area contributed by atoms with E-state index in [0.29, 0.717) is 29.0 Å². The van der Waals surface area contributed by atoms with Gasteiger partial charge in [0.1, 0.15) is 5.75 Å². The van der Waals surface area contributed by atoms with Crippen LogP contribution in [0.4, 0.5) is 5.69 Å². The minimum Gasteiger partial charge on any atom is -0.496 e. The zero-order chi connectivity index (χ0) is 19.3. The molecule has 0 aliphatic heterocycles. The van der Waals surface area contributed by atoms with Gasteiger partial charge < -0.3 is 9.64 Å². The van der Waals surface area contributed by atoms with E-state index >= 15 is 0 Å². The highest BCUT2D eigenvalue weighted by Gasteiger charge is 2.18. The normalized spacial score (nSPS) is 11.1. The van der Waals surface area contributed by atoms with Crippen LogP contribution < -0.4 is 9.46 Å². The van der Waals surface area contributed by atoms with Crippen molar-refractivity contribution in [2.75, 3.05) is 18.4 Å². The van der Waals surface area contributed by atoms with Gasteiger partial charge in [-0.05, 0) is 52.7 Å². The van der Waals surface area contributed by atoms with Crippen molar-refractivity contribution in [1.82, 2.24) is 4.90 Å². The Hall–Kier alpha value is -2.06. The van der Waals surface area contributed by atoms with E-state index in [2.05, 4.69) is 20.7 Å². The maximum Gasteiger partial charge on any atom is 0.261 e. The molecule has 0 aliphatic carbocycles. The van der Waals surface area contributed by atoms with E-state index in [9.17, 15) is 13.2 Å². The second kappa shape index (κ2) is 8.55. The summed E-state index contributed by atoms with van der Waals surface area (Å²) >= 11 is 3.30. The first-order chi connectivity index (χ1) is 12.3. The van der Waals surface area contributed by atoms with Crippen LogP contribution in [0.1, 0.15) is 19.4 Å². The number of amides is 1. The van der Waals surface area contributed by atoms with Crippen LogP contribution in [0.3, 0.4) is 0 Å². The van der Waals surface area contributed by atoms with Crippen LogP contribution in [0.15, 0.2) is 51.8 Å². The molecule has 0 saturated heterocycles. The van der Waals surface area contributed by atoms with Crippen LogP contribution in [0.2, 0.25) is 0 Å². The third-order valence-corrected chi connectivity index (χ3v) is 5.87. The van der Waals surface area contributed by atoms with Gasteiger partial charge in [0.2, 0.25) is 5.91 Å². The summed E-state index contributed by atoms with van der Waals surface area (Å²) in [5, 5.41) is 0. The van der Waals surface area contributed by atoms with Gasteiger partial charge >= 0.3 is 0 Å². The predicted octanol–water partition coefficient (Wildman–Crippen LogP) is 3.63. The Morgan fingerprint density at radius 2 is 1.92 bits per heavy atom. The molecule has 0 aromatic heterocycles. The Bertz CT molecular complexity index is 900. The second-order valence-corrected chi connectivity index (χ2v) is 8.13. The lowest BCUT2D eigenvalue weighted by atomic mass is 10.1. The summed E-state index contributed by atoms with van der Waals surface area (Å²) < 4.78 is 33.8. The van der Waals surface area contributed by atoms with Gasteiger partial charge in [0.05, 0.1) is 22.2 Å². The maximum absolute atomic E-state index is 12.7. The van der Waals surface area contributed by atoms with Crippen LogP contribution in [0.25, 0.3) is 0 Å². The van der Waals surface area contributed by atoms with Crippen LogP contribution in [-0.2, 0) is 21.4 Å². The fourth-order valence-corrected chi connectivity index (χ4v) is 4.25. The fourth-order valence-electron chi connectivity index (χ4n) is 2.43. The summed E-state index contributed by atoms with van der Waals surface area (Å²) in [7, 11) is -2.27. The van der Waals surface area contributed by atoms with Crippen molar-refractivity contribution in [3.8, 4) is 5.75 Å². The van der Waals surface area contributed by atoms with Gasteiger partial charge in [0, 0.05) is 20.0 Å². The summed E-state index contributed by atoms with van der Waals surface area (Å²) in [6.45, 7) is 4.24. The quantitative estimate of drug-likeness (QED) is 0.712. The number of hydrogen-bond donors (Lipinski definition) is 1. The molecule has 0 aliphatic rings. The summed E-state index contributed by atoms with van der Waals surface area (Å²) in [6, 6.07) is 11.6. The molecule has 1 amide bonds. The molecule has 6 nitrogen and oxygen atoms in total. The van der Waals surface area contributed by atoms with Crippen molar-refractivity contribution >= 4 is 37.5 Å². The number of nitrogens with one attached hydrogen (secondary N) is 1. The van der Waals surface area contributed by atoms with Crippen LogP contribution in [-0.4, -0.2) is 32.9 Å². The molecule has 0 fully saturated rings. The van der Waals surface area contributed by atoms with Gasteiger partial charge in [-0.15, -0.1) is 0 Å². The number of hydrogen-bond acceptors (Lipinski definition) is 4. The van der Waals surface area contributed by atoms with Crippen LogP contribution >= 0.6 is 15.9 Å². The Labute approximate surface area is 162 Å². The number of methoxy groups -OCH3 is 1. The number of ether oxygens (including phenoxy) is 1. The highest BCUT2D eigenvalue weighted by molar-refractivity contribution is 9.10. The Morgan fingerprint density at radius 3 is 2.50 bits per heavy atom. The van der Waals surface area contributed by atoms with Gasteiger partial charge in [-0.25, -0.2) is 8.42 Å². The maximum atomic E-state index is 12.7. The van der Waals surface area contributed by atoms with Gasteiger partial charge in [-0.3, -0.25) is 9.52 Å². The van der Waals surface area contributed by atoms with E-state index in [1.807, 2.05) is 13.0 Å². The number of sulfonamides is 1. The smallest absolute Gasteiger partial charge is 0.261 e. The number of carbonyl (C=O) groups is 1. The number of anilines is 1. The molecule has 0 heterocycles. The van der Waals surface area contributed by atoms with Crippen molar-refractivity contribution in [3.05, 3.63) is 52.5 Å². The second-order valence-electron chi connectivity index (χ2n) is 5.59. The minimum absolute atomic E-state index is 0.0655. The molecule has 0 bridgehead atoms. The zero-order valence-corrected chi connectivity index (χ0v) is 17.2. The summed E-state index contributed by atoms with van der Waals surface area (Å²) in [4.78, 5) is 13.4. The molecule has 2 rings (SSSR count). The van der Waals surface area contributed by atoms with Crippen LogP contribution in [0, 0.1) is 0 Å². The topological polar surface area (TPSA) is 75.7 Å². The van der Waals surface area contributed by atoms with Gasteiger partial charge in [0.25, 0.3) is 10.0 Å². The largest absolute Gasteiger partial charge is 0.496 e. The molecule has 2 aromatic rings. The molecule has 1 N–H and O–H groups in total. The van der Waals surface area contributed by atoms with E-state index < -0.39 is 10.0 Å². The summed E-state index contributed by atoms with van der Waals surface area (Å²) in [5.41, 5.74) is 1.17. The Morgan fingerprint density at radius 1 is 1.23 bits per heavy atom. The van der Waals surface area contributed by atoms with E-state index in [0.717, 1.165) is 5.56 Å². The third kappa shape index (κ3) is 4.76. The molecule has 8 heteroatoms. The number of rotatable bonds is 7. The summed E-state index contributed by atoms with van der Waals surface area (Å²) in [6.07, 6.45) is 0. The number of benzene rings is 2. The Kier molecular flexibility index (Phi) is 6.66. The molecular weight excluding hydrogens is 420 g/mol. The number of nitrogens with zero attached hydrogens (tertiary/aromatic N) is 1. The molecule has 140 valence electrons. The Balaban J connectivity index is 2.32.